The van der Waals surface area contributed by atoms with Crippen molar-refractivity contribution in [3.63, 3.8) is 0 Å². The molecule has 0 aliphatic carbocycles. The van der Waals surface area contributed by atoms with Gasteiger partial charge in [-0.05, 0) is 13.0 Å². The fourth-order valence-electron chi connectivity index (χ4n) is 1.04. The third-order valence-corrected chi connectivity index (χ3v) is 1.80. The minimum Gasteiger partial charge on any atom is -0.396 e. The van der Waals surface area contributed by atoms with E-state index in [2.05, 4.69) is 5.32 Å². The molecule has 1 aromatic carbocycles. The number of benzene rings is 1. The molecule has 4 nitrogen and oxygen atoms in total. The van der Waals surface area contributed by atoms with Crippen LogP contribution in [0.2, 0.25) is 0 Å². The van der Waals surface area contributed by atoms with Gasteiger partial charge in [0.15, 0.2) is 0 Å². The Morgan fingerprint density at radius 2 is 2.12 bits per heavy atom. The lowest BCUT2D eigenvalue weighted by molar-refractivity contribution is -0.120. The van der Waals surface area contributed by atoms with Gasteiger partial charge in [-0.25, -0.2) is 8.78 Å². The molecule has 0 heterocycles. The molecule has 0 aromatic heterocycles. The molecule has 0 saturated carbocycles. The first-order chi connectivity index (χ1) is 7.54. The number of anilines is 2. The Balaban J connectivity index is 2.73. The summed E-state index contributed by atoms with van der Waals surface area (Å²) in [4.78, 5) is 11.2. The summed E-state index contributed by atoms with van der Waals surface area (Å²) in [5.41, 5.74) is 4.85. The Hall–Kier alpha value is -1.69. The summed E-state index contributed by atoms with van der Waals surface area (Å²) in [5, 5.41) is 2.23. The third-order valence-electron chi connectivity index (χ3n) is 1.80. The summed E-state index contributed by atoms with van der Waals surface area (Å²) in [6.07, 6.45) is 0. The molecule has 0 saturated heterocycles. The van der Waals surface area contributed by atoms with Crippen LogP contribution in [0.1, 0.15) is 6.92 Å². The molecular formula is C10H12F2N2O2. The quantitative estimate of drug-likeness (QED) is 0.771. The van der Waals surface area contributed by atoms with Gasteiger partial charge >= 0.3 is 0 Å². The van der Waals surface area contributed by atoms with Gasteiger partial charge in [0.25, 0.3) is 0 Å². The fraction of sp³-hybridized carbons (Fsp3) is 0.300. The number of amides is 1. The maximum Gasteiger partial charge on any atom is 0.250 e. The van der Waals surface area contributed by atoms with Crippen LogP contribution in [0.3, 0.4) is 0 Å². The van der Waals surface area contributed by atoms with E-state index < -0.39 is 17.5 Å². The lowest BCUT2D eigenvalue weighted by Crippen LogP contribution is -2.19. The van der Waals surface area contributed by atoms with Crippen LogP contribution >= 0.6 is 0 Å². The highest BCUT2D eigenvalue weighted by Crippen LogP contribution is 2.20. The highest BCUT2D eigenvalue weighted by molar-refractivity contribution is 5.92. The van der Waals surface area contributed by atoms with Crippen LogP contribution in [0.25, 0.3) is 0 Å². The number of carbonyl (C=O) groups excluding carboxylic acids is 1. The smallest absolute Gasteiger partial charge is 0.250 e. The number of ether oxygens (including phenoxy) is 1. The van der Waals surface area contributed by atoms with Crippen LogP contribution in [-0.2, 0) is 9.53 Å². The van der Waals surface area contributed by atoms with Crippen molar-refractivity contribution in [2.45, 2.75) is 6.92 Å². The Bertz CT molecular complexity index is 397. The van der Waals surface area contributed by atoms with Crippen molar-refractivity contribution < 1.29 is 18.3 Å². The molecule has 0 aliphatic rings. The van der Waals surface area contributed by atoms with Crippen LogP contribution in [0.5, 0.6) is 0 Å². The lowest BCUT2D eigenvalue weighted by Gasteiger charge is -2.07. The van der Waals surface area contributed by atoms with E-state index in [1.807, 2.05) is 0 Å². The monoisotopic (exact) mass is 230 g/mol. The van der Waals surface area contributed by atoms with Gasteiger partial charge in [-0.15, -0.1) is 0 Å². The zero-order chi connectivity index (χ0) is 12.1. The van der Waals surface area contributed by atoms with Gasteiger partial charge in [0.05, 0.1) is 11.4 Å². The highest BCUT2D eigenvalue weighted by atomic mass is 19.1. The Kier molecular flexibility index (Phi) is 4.19. The number of rotatable bonds is 4. The Morgan fingerprint density at radius 1 is 1.44 bits per heavy atom. The van der Waals surface area contributed by atoms with E-state index in [4.69, 9.17) is 10.5 Å². The van der Waals surface area contributed by atoms with Gasteiger partial charge in [-0.3, -0.25) is 4.79 Å². The van der Waals surface area contributed by atoms with Gasteiger partial charge in [0, 0.05) is 12.7 Å². The SMILES string of the molecule is CCOCC(=O)Nc1cc(N)c(F)cc1F. The molecule has 1 rings (SSSR count). The Morgan fingerprint density at radius 3 is 2.75 bits per heavy atom. The maximum atomic E-state index is 13.2. The molecule has 6 heteroatoms. The normalized spacial score (nSPS) is 10.2. The molecule has 0 unspecified atom stereocenters. The Labute approximate surface area is 91.4 Å². The van der Waals surface area contributed by atoms with E-state index in [1.165, 1.54) is 0 Å². The van der Waals surface area contributed by atoms with Gasteiger partial charge < -0.3 is 15.8 Å². The molecule has 1 amide bonds. The fourth-order valence-corrected chi connectivity index (χ4v) is 1.04. The number of hydrogen-bond acceptors (Lipinski definition) is 3. The summed E-state index contributed by atoms with van der Waals surface area (Å²) < 4.78 is 30.8. The topological polar surface area (TPSA) is 64.3 Å². The van der Waals surface area contributed by atoms with Crippen LogP contribution in [-0.4, -0.2) is 19.1 Å². The molecule has 3 N–H and O–H groups in total. The molecule has 0 radical (unpaired) electrons. The second-order valence-electron chi connectivity index (χ2n) is 3.04. The molecule has 0 atom stereocenters. The third kappa shape index (κ3) is 3.16. The first-order valence-electron chi connectivity index (χ1n) is 4.66. The van der Waals surface area contributed by atoms with Crippen LogP contribution in [0, 0.1) is 11.6 Å². The number of hydrogen-bond donors (Lipinski definition) is 2. The van der Waals surface area contributed by atoms with E-state index in [1.54, 1.807) is 6.92 Å². The average Bonchev–Trinajstić information content (AvgIpc) is 2.23. The molecule has 0 fully saturated rings. The van der Waals surface area contributed by atoms with E-state index in [9.17, 15) is 13.6 Å². The molecule has 16 heavy (non-hydrogen) atoms. The van der Waals surface area contributed by atoms with Crippen molar-refractivity contribution >= 4 is 17.3 Å². The summed E-state index contributed by atoms with van der Waals surface area (Å²) >= 11 is 0. The van der Waals surface area contributed by atoms with E-state index >= 15 is 0 Å². The van der Waals surface area contributed by atoms with Crippen molar-refractivity contribution in [2.24, 2.45) is 0 Å². The standard InChI is InChI=1S/C10H12F2N2O2/c1-2-16-5-10(15)14-9-4-8(13)6(11)3-7(9)12/h3-4H,2,5,13H2,1H3,(H,14,15). The lowest BCUT2D eigenvalue weighted by atomic mass is 10.2. The molecule has 0 aliphatic heterocycles. The van der Waals surface area contributed by atoms with Gasteiger partial charge in [0.2, 0.25) is 5.91 Å². The molecule has 0 spiro atoms. The summed E-state index contributed by atoms with van der Waals surface area (Å²) in [7, 11) is 0. The van der Waals surface area contributed by atoms with Crippen molar-refractivity contribution in [1.29, 1.82) is 0 Å². The number of halogens is 2. The summed E-state index contributed by atoms with van der Waals surface area (Å²) in [5.74, 6) is -2.26. The van der Waals surface area contributed by atoms with E-state index in [-0.39, 0.29) is 18.0 Å². The van der Waals surface area contributed by atoms with Crippen molar-refractivity contribution in [2.75, 3.05) is 24.3 Å². The second-order valence-corrected chi connectivity index (χ2v) is 3.04. The van der Waals surface area contributed by atoms with Gasteiger partial charge in [-0.1, -0.05) is 0 Å². The van der Waals surface area contributed by atoms with Crippen LogP contribution in [0.4, 0.5) is 20.2 Å². The van der Waals surface area contributed by atoms with Crippen molar-refractivity contribution in [3.05, 3.63) is 23.8 Å². The number of nitrogens with one attached hydrogen (secondary N) is 1. The molecule has 88 valence electrons. The molecular weight excluding hydrogens is 218 g/mol. The van der Waals surface area contributed by atoms with E-state index in [0.29, 0.717) is 12.7 Å². The number of nitrogens with two attached hydrogens (primary N) is 1. The first kappa shape index (κ1) is 12.4. The van der Waals surface area contributed by atoms with Crippen LogP contribution < -0.4 is 11.1 Å². The molecule has 0 bridgehead atoms. The van der Waals surface area contributed by atoms with Gasteiger partial charge in [-0.2, -0.15) is 0 Å². The maximum absolute atomic E-state index is 13.2. The zero-order valence-corrected chi connectivity index (χ0v) is 8.72. The zero-order valence-electron chi connectivity index (χ0n) is 8.72. The number of nitrogen functional groups attached to an aromatic ring is 1. The first-order valence-corrected chi connectivity index (χ1v) is 4.66. The highest BCUT2D eigenvalue weighted by Gasteiger charge is 2.10. The average molecular weight is 230 g/mol. The van der Waals surface area contributed by atoms with Gasteiger partial charge in [0.1, 0.15) is 18.2 Å². The second kappa shape index (κ2) is 5.41. The van der Waals surface area contributed by atoms with Crippen molar-refractivity contribution in [3.8, 4) is 0 Å². The molecule has 1 aromatic rings. The minimum absolute atomic E-state index is 0.163. The summed E-state index contributed by atoms with van der Waals surface area (Å²) in [6.45, 7) is 1.92. The number of carbonyl (C=O) groups is 1. The van der Waals surface area contributed by atoms with Crippen molar-refractivity contribution in [1.82, 2.24) is 0 Å². The predicted molar refractivity (Wildman–Crippen MR) is 55.9 cm³/mol. The van der Waals surface area contributed by atoms with E-state index in [0.717, 1.165) is 6.07 Å². The largest absolute Gasteiger partial charge is 0.396 e. The minimum atomic E-state index is -0.878. The summed E-state index contributed by atoms with van der Waals surface area (Å²) in [6, 6.07) is 1.64. The van der Waals surface area contributed by atoms with Crippen LogP contribution in [0.15, 0.2) is 12.1 Å². The predicted octanol–water partition coefficient (Wildman–Crippen LogP) is 1.52.